The van der Waals surface area contributed by atoms with Gasteiger partial charge in [0.25, 0.3) is 0 Å². The number of aryl methyl sites for hydroxylation is 1. The summed E-state index contributed by atoms with van der Waals surface area (Å²) < 4.78 is 12.4. The Kier molecular flexibility index (Phi) is 3.13. The maximum atomic E-state index is 6.07. The molecule has 108 valence electrons. The van der Waals surface area contributed by atoms with Crippen molar-refractivity contribution in [1.82, 2.24) is 14.5 Å². The third-order valence-electron chi connectivity index (χ3n) is 3.37. The van der Waals surface area contributed by atoms with Gasteiger partial charge in [-0.05, 0) is 18.6 Å². The number of ether oxygens (including phenoxy) is 2. The molecule has 6 heteroatoms. The number of imidazole rings is 1. The first-order valence-electron chi connectivity index (χ1n) is 6.47. The third-order valence-corrected chi connectivity index (χ3v) is 3.37. The molecule has 2 aromatic heterocycles. The van der Waals surface area contributed by atoms with Crippen LogP contribution in [0.15, 0.2) is 30.5 Å². The van der Waals surface area contributed by atoms with Gasteiger partial charge in [-0.25, -0.2) is 9.97 Å². The lowest BCUT2D eigenvalue weighted by Gasteiger charge is -2.10. The number of aromatic nitrogens is 3. The largest absolute Gasteiger partial charge is 0.497 e. The first kappa shape index (κ1) is 13.2. The van der Waals surface area contributed by atoms with Crippen LogP contribution in [0, 0.1) is 6.92 Å². The van der Waals surface area contributed by atoms with Gasteiger partial charge in [-0.3, -0.25) is 4.57 Å². The van der Waals surface area contributed by atoms with Crippen molar-refractivity contribution in [3.63, 3.8) is 0 Å². The average Bonchev–Trinajstić information content (AvgIpc) is 2.84. The second-order valence-electron chi connectivity index (χ2n) is 4.68. The zero-order chi connectivity index (χ0) is 15.0. The first-order chi connectivity index (χ1) is 10.1. The minimum Gasteiger partial charge on any atom is -0.497 e. The summed E-state index contributed by atoms with van der Waals surface area (Å²) in [6, 6.07) is 7.44. The predicted molar refractivity (Wildman–Crippen MR) is 81.1 cm³/mol. The number of nitrogens with zero attached hydrogens (tertiary/aromatic N) is 3. The number of anilines is 1. The van der Waals surface area contributed by atoms with E-state index < -0.39 is 0 Å². The van der Waals surface area contributed by atoms with Crippen molar-refractivity contribution in [3.8, 4) is 17.2 Å². The van der Waals surface area contributed by atoms with Gasteiger partial charge in [-0.15, -0.1) is 0 Å². The molecule has 0 amide bonds. The van der Waals surface area contributed by atoms with E-state index in [2.05, 4.69) is 9.97 Å². The van der Waals surface area contributed by atoms with Crippen molar-refractivity contribution in [3.05, 3.63) is 36.0 Å². The van der Waals surface area contributed by atoms with Crippen LogP contribution in [0.3, 0.4) is 0 Å². The summed E-state index contributed by atoms with van der Waals surface area (Å²) in [5.74, 6) is 1.73. The maximum absolute atomic E-state index is 6.07. The van der Waals surface area contributed by atoms with Crippen molar-refractivity contribution in [2.75, 3.05) is 20.0 Å². The van der Waals surface area contributed by atoms with Gasteiger partial charge in [0.15, 0.2) is 5.65 Å². The summed E-state index contributed by atoms with van der Waals surface area (Å²) in [6.07, 6.45) is 1.74. The molecule has 1 aromatic carbocycles. The molecule has 0 aliphatic heterocycles. The minimum atomic E-state index is 0.377. The van der Waals surface area contributed by atoms with Gasteiger partial charge in [0.05, 0.1) is 19.9 Å². The van der Waals surface area contributed by atoms with Crippen molar-refractivity contribution in [2.45, 2.75) is 6.92 Å². The SMILES string of the molecule is COc1cc(OC)cc(-n2c(N)nc3c(C)ccnc32)c1. The Bertz CT molecular complexity index is 789. The van der Waals surface area contributed by atoms with E-state index >= 15 is 0 Å². The fraction of sp³-hybridized carbons (Fsp3) is 0.200. The molecule has 0 saturated heterocycles. The van der Waals surface area contributed by atoms with E-state index in [0.717, 1.165) is 16.8 Å². The number of benzene rings is 1. The van der Waals surface area contributed by atoms with E-state index in [1.165, 1.54) is 0 Å². The lowest BCUT2D eigenvalue weighted by molar-refractivity contribution is 0.394. The third kappa shape index (κ3) is 2.14. The van der Waals surface area contributed by atoms with Crippen LogP contribution in [0.1, 0.15) is 5.56 Å². The zero-order valence-electron chi connectivity index (χ0n) is 12.1. The van der Waals surface area contributed by atoms with Crippen LogP contribution in [0.2, 0.25) is 0 Å². The highest BCUT2D eigenvalue weighted by Gasteiger charge is 2.14. The van der Waals surface area contributed by atoms with Crippen LogP contribution in [-0.2, 0) is 0 Å². The van der Waals surface area contributed by atoms with Crippen molar-refractivity contribution in [1.29, 1.82) is 0 Å². The molecule has 0 radical (unpaired) electrons. The standard InChI is InChI=1S/C15H16N4O2/c1-9-4-5-17-14-13(9)18-15(16)19(14)10-6-11(20-2)8-12(7-10)21-3/h4-8H,1-3H3,(H2,16,18). The molecule has 6 nitrogen and oxygen atoms in total. The van der Waals surface area contributed by atoms with E-state index in [1.807, 2.05) is 25.1 Å². The average molecular weight is 284 g/mol. The predicted octanol–water partition coefficient (Wildman–Crippen LogP) is 2.33. The highest BCUT2D eigenvalue weighted by Crippen LogP contribution is 2.29. The molecule has 2 N–H and O–H groups in total. The quantitative estimate of drug-likeness (QED) is 0.799. The van der Waals surface area contributed by atoms with Gasteiger partial charge in [-0.2, -0.15) is 0 Å². The molecule has 3 rings (SSSR count). The number of methoxy groups -OCH3 is 2. The second kappa shape index (κ2) is 4.97. The van der Waals surface area contributed by atoms with E-state index in [1.54, 1.807) is 31.0 Å². The van der Waals surface area contributed by atoms with Crippen LogP contribution in [-0.4, -0.2) is 28.8 Å². The van der Waals surface area contributed by atoms with Gasteiger partial charge < -0.3 is 15.2 Å². The molecule has 0 saturated carbocycles. The molecule has 0 aliphatic rings. The topological polar surface area (TPSA) is 75.2 Å². The normalized spacial score (nSPS) is 10.8. The summed E-state index contributed by atoms with van der Waals surface area (Å²) in [7, 11) is 3.21. The van der Waals surface area contributed by atoms with Gasteiger partial charge >= 0.3 is 0 Å². The number of hydrogen-bond donors (Lipinski definition) is 1. The van der Waals surface area contributed by atoms with E-state index in [4.69, 9.17) is 15.2 Å². The lowest BCUT2D eigenvalue weighted by atomic mass is 10.2. The van der Waals surface area contributed by atoms with Crippen molar-refractivity contribution in [2.24, 2.45) is 0 Å². The molecule has 0 spiro atoms. The fourth-order valence-electron chi connectivity index (χ4n) is 2.29. The number of hydrogen-bond acceptors (Lipinski definition) is 5. The molecule has 0 fully saturated rings. The second-order valence-corrected chi connectivity index (χ2v) is 4.68. The van der Waals surface area contributed by atoms with Crippen molar-refractivity contribution >= 4 is 17.1 Å². The van der Waals surface area contributed by atoms with Crippen LogP contribution in [0.5, 0.6) is 11.5 Å². The summed E-state index contributed by atoms with van der Waals surface area (Å²) in [6.45, 7) is 1.98. The van der Waals surface area contributed by atoms with E-state index in [9.17, 15) is 0 Å². The molecule has 21 heavy (non-hydrogen) atoms. The molecule has 0 unspecified atom stereocenters. The van der Waals surface area contributed by atoms with Crippen LogP contribution in [0.25, 0.3) is 16.9 Å². The number of fused-ring (bicyclic) bond motifs is 1. The monoisotopic (exact) mass is 284 g/mol. The Balaban J connectivity index is 2.30. The summed E-state index contributed by atoms with van der Waals surface area (Å²) in [5, 5.41) is 0. The molecule has 0 bridgehead atoms. The van der Waals surface area contributed by atoms with Gasteiger partial charge in [0, 0.05) is 24.4 Å². The molecule has 3 aromatic rings. The number of nitrogens with two attached hydrogens (primary N) is 1. The maximum Gasteiger partial charge on any atom is 0.207 e. The van der Waals surface area contributed by atoms with Crippen molar-refractivity contribution < 1.29 is 9.47 Å². The van der Waals surface area contributed by atoms with E-state index in [-0.39, 0.29) is 0 Å². The summed E-state index contributed by atoms with van der Waals surface area (Å²) in [4.78, 5) is 8.79. The van der Waals surface area contributed by atoms with Crippen LogP contribution in [0.4, 0.5) is 5.95 Å². The smallest absolute Gasteiger partial charge is 0.207 e. The van der Waals surface area contributed by atoms with E-state index in [0.29, 0.717) is 23.1 Å². The first-order valence-corrected chi connectivity index (χ1v) is 6.47. The minimum absolute atomic E-state index is 0.377. The van der Waals surface area contributed by atoms with Gasteiger partial charge in [0.2, 0.25) is 5.95 Å². The van der Waals surface area contributed by atoms with Crippen LogP contribution < -0.4 is 15.2 Å². The molecular formula is C15H16N4O2. The summed E-state index contributed by atoms with van der Waals surface area (Å²) >= 11 is 0. The number of pyridine rings is 1. The Morgan fingerprint density at radius 2 is 1.76 bits per heavy atom. The molecule has 0 aliphatic carbocycles. The highest BCUT2D eigenvalue weighted by atomic mass is 16.5. The molecule has 0 atom stereocenters. The Morgan fingerprint density at radius 1 is 1.10 bits per heavy atom. The van der Waals surface area contributed by atoms with Gasteiger partial charge in [-0.1, -0.05) is 0 Å². The highest BCUT2D eigenvalue weighted by molar-refractivity contribution is 5.80. The van der Waals surface area contributed by atoms with Gasteiger partial charge in [0.1, 0.15) is 17.0 Å². The fourth-order valence-corrected chi connectivity index (χ4v) is 2.29. The summed E-state index contributed by atoms with van der Waals surface area (Å²) in [5.41, 5.74) is 9.39. The zero-order valence-corrected chi connectivity index (χ0v) is 12.1. The Hall–Kier alpha value is -2.76. The molecule has 2 heterocycles. The van der Waals surface area contributed by atoms with Crippen LogP contribution >= 0.6 is 0 Å². The lowest BCUT2D eigenvalue weighted by Crippen LogP contribution is -2.02. The Morgan fingerprint density at radius 3 is 2.38 bits per heavy atom. The Labute approximate surface area is 122 Å². The number of nitrogen functional groups attached to an aromatic ring is 1. The molecular weight excluding hydrogens is 268 g/mol. The number of rotatable bonds is 3.